The van der Waals surface area contributed by atoms with Crippen LogP contribution in [0.3, 0.4) is 0 Å². The van der Waals surface area contributed by atoms with E-state index >= 15 is 0 Å². The van der Waals surface area contributed by atoms with Crippen molar-refractivity contribution in [3.8, 4) is 0 Å². The molecule has 1 aromatic rings. The van der Waals surface area contributed by atoms with Gasteiger partial charge in [0.2, 0.25) is 0 Å². The minimum Gasteiger partial charge on any atom is -0.389 e. The van der Waals surface area contributed by atoms with Crippen molar-refractivity contribution in [1.29, 1.82) is 0 Å². The van der Waals surface area contributed by atoms with Crippen LogP contribution in [-0.4, -0.2) is 69.4 Å². The smallest absolute Gasteiger partial charge is 0.282 e. The molecule has 0 amide bonds. The zero-order valence-corrected chi connectivity index (χ0v) is 13.0. The molecule has 118 valence electrons. The van der Waals surface area contributed by atoms with E-state index in [2.05, 4.69) is 10.3 Å². The van der Waals surface area contributed by atoms with Gasteiger partial charge < -0.3 is 5.11 Å². The molecule has 0 bridgehead atoms. The van der Waals surface area contributed by atoms with Gasteiger partial charge >= 0.3 is 0 Å². The monoisotopic (exact) mass is 315 g/mol. The van der Waals surface area contributed by atoms with Crippen LogP contribution in [0.5, 0.6) is 0 Å². The first-order chi connectivity index (χ1) is 9.91. The minimum atomic E-state index is -3.55. The molecule has 3 atom stereocenters. The van der Waals surface area contributed by atoms with Crippen LogP contribution in [0.1, 0.15) is 25.8 Å². The molecular formula is C12H21N5O3S. The van der Waals surface area contributed by atoms with Gasteiger partial charge in [-0.05, 0) is 25.7 Å². The number of rotatable bonds is 5. The molecule has 21 heavy (non-hydrogen) atoms. The van der Waals surface area contributed by atoms with Gasteiger partial charge in [0.25, 0.3) is 10.2 Å². The Hall–Kier alpha value is -1.03. The van der Waals surface area contributed by atoms with E-state index in [1.807, 2.05) is 6.92 Å². The van der Waals surface area contributed by atoms with Crippen molar-refractivity contribution in [2.24, 2.45) is 5.92 Å². The molecule has 2 heterocycles. The van der Waals surface area contributed by atoms with Crippen molar-refractivity contribution in [3.05, 3.63) is 12.4 Å². The van der Waals surface area contributed by atoms with Crippen molar-refractivity contribution >= 4 is 10.2 Å². The summed E-state index contributed by atoms with van der Waals surface area (Å²) in [7, 11) is -1.94. The Balaban J connectivity index is 1.74. The van der Waals surface area contributed by atoms with E-state index in [0.29, 0.717) is 5.92 Å². The number of β-amino-alcohol motifs (C(OH)–C–C–N with tert-alkyl or cyclic N) is 1. The second kappa shape index (κ2) is 5.31. The minimum absolute atomic E-state index is 0.00226. The summed E-state index contributed by atoms with van der Waals surface area (Å²) in [5.41, 5.74) is 0. The second-order valence-electron chi connectivity index (χ2n) is 5.94. The van der Waals surface area contributed by atoms with Crippen LogP contribution >= 0.6 is 0 Å². The third kappa shape index (κ3) is 2.70. The summed E-state index contributed by atoms with van der Waals surface area (Å²) in [6.07, 6.45) is 4.56. The van der Waals surface area contributed by atoms with Gasteiger partial charge in [-0.1, -0.05) is 5.21 Å². The Morgan fingerprint density at radius 2 is 2.10 bits per heavy atom. The van der Waals surface area contributed by atoms with Gasteiger partial charge in [0.1, 0.15) is 0 Å². The number of hydrogen-bond acceptors (Lipinski definition) is 5. The molecule has 0 aromatic carbocycles. The lowest BCUT2D eigenvalue weighted by Crippen LogP contribution is -2.45. The van der Waals surface area contributed by atoms with Crippen molar-refractivity contribution in [2.75, 3.05) is 20.1 Å². The molecule has 3 rings (SSSR count). The van der Waals surface area contributed by atoms with Crippen LogP contribution in [0.25, 0.3) is 0 Å². The third-order valence-electron chi connectivity index (χ3n) is 4.57. The van der Waals surface area contributed by atoms with Gasteiger partial charge in [0.15, 0.2) is 0 Å². The Morgan fingerprint density at radius 1 is 1.38 bits per heavy atom. The SMILES string of the molecule is CC(C1CC1)N(C)S(=O)(=O)N1C[C@@H](O)[C@H](n2ccnn2)C1. The highest BCUT2D eigenvalue weighted by Crippen LogP contribution is 2.36. The van der Waals surface area contributed by atoms with E-state index in [1.54, 1.807) is 13.2 Å². The van der Waals surface area contributed by atoms with Crippen LogP contribution < -0.4 is 0 Å². The van der Waals surface area contributed by atoms with Crippen molar-refractivity contribution < 1.29 is 13.5 Å². The first kappa shape index (κ1) is 14.9. The normalized spacial score (nSPS) is 29.1. The van der Waals surface area contributed by atoms with Crippen molar-refractivity contribution in [1.82, 2.24) is 23.6 Å². The molecule has 1 saturated heterocycles. The van der Waals surface area contributed by atoms with E-state index in [9.17, 15) is 13.5 Å². The molecule has 1 saturated carbocycles. The third-order valence-corrected chi connectivity index (χ3v) is 6.59. The molecule has 1 unspecified atom stereocenters. The summed E-state index contributed by atoms with van der Waals surface area (Å²) in [5, 5.41) is 17.7. The number of nitrogens with zero attached hydrogens (tertiary/aromatic N) is 5. The molecule has 1 aliphatic heterocycles. The van der Waals surface area contributed by atoms with Crippen LogP contribution in [0, 0.1) is 5.92 Å². The Labute approximate surface area is 124 Å². The maximum Gasteiger partial charge on any atom is 0.282 e. The van der Waals surface area contributed by atoms with Crippen LogP contribution in [0.4, 0.5) is 0 Å². The Kier molecular flexibility index (Phi) is 3.76. The van der Waals surface area contributed by atoms with E-state index in [0.717, 1.165) is 12.8 Å². The predicted octanol–water partition coefficient (Wildman–Crippen LogP) is -0.529. The van der Waals surface area contributed by atoms with E-state index in [1.165, 1.54) is 19.5 Å². The van der Waals surface area contributed by atoms with Gasteiger partial charge in [-0.2, -0.15) is 17.0 Å². The van der Waals surface area contributed by atoms with Crippen molar-refractivity contribution in [2.45, 2.75) is 38.0 Å². The van der Waals surface area contributed by atoms with Gasteiger partial charge in [-0.25, -0.2) is 4.68 Å². The fourth-order valence-corrected chi connectivity index (χ4v) is 4.48. The molecule has 9 heteroatoms. The lowest BCUT2D eigenvalue weighted by molar-refractivity contribution is 0.141. The molecule has 8 nitrogen and oxygen atoms in total. The number of aliphatic hydroxyl groups is 1. The lowest BCUT2D eigenvalue weighted by Gasteiger charge is -2.28. The average Bonchev–Trinajstić information content (AvgIpc) is 3.00. The summed E-state index contributed by atoms with van der Waals surface area (Å²) >= 11 is 0. The van der Waals surface area contributed by atoms with Gasteiger partial charge in [0, 0.05) is 32.4 Å². The summed E-state index contributed by atoms with van der Waals surface area (Å²) in [6.45, 7) is 2.25. The molecule has 1 aromatic heterocycles. The first-order valence-electron chi connectivity index (χ1n) is 7.18. The topological polar surface area (TPSA) is 91.6 Å². The fraction of sp³-hybridized carbons (Fsp3) is 0.833. The second-order valence-corrected chi connectivity index (χ2v) is 7.92. The number of aliphatic hydroxyl groups excluding tert-OH is 1. The highest BCUT2D eigenvalue weighted by Gasteiger charge is 2.43. The van der Waals surface area contributed by atoms with Crippen LogP contribution in [0.2, 0.25) is 0 Å². The molecule has 0 radical (unpaired) electrons. The number of aromatic nitrogens is 3. The summed E-state index contributed by atoms with van der Waals surface area (Å²) in [5.74, 6) is 0.461. The molecule has 1 N–H and O–H groups in total. The fourth-order valence-electron chi connectivity index (χ4n) is 2.85. The molecule has 0 spiro atoms. The summed E-state index contributed by atoms with van der Waals surface area (Å²) < 4.78 is 29.6. The highest BCUT2D eigenvalue weighted by molar-refractivity contribution is 7.86. The van der Waals surface area contributed by atoms with Crippen molar-refractivity contribution in [3.63, 3.8) is 0 Å². The standard InChI is InChI=1S/C12H21N5O3S/c1-9(10-3-4-10)15(2)21(19,20)16-7-11(12(18)8-16)17-6-5-13-14-17/h5-6,9-12,18H,3-4,7-8H2,1-2H3/t9?,11-,12-/m1/s1. The summed E-state index contributed by atoms with van der Waals surface area (Å²) in [6, 6.07) is -0.385. The Morgan fingerprint density at radius 3 is 2.67 bits per heavy atom. The maximum atomic E-state index is 12.7. The molecule has 2 aliphatic rings. The number of hydrogen-bond donors (Lipinski definition) is 1. The first-order valence-corrected chi connectivity index (χ1v) is 8.58. The predicted molar refractivity (Wildman–Crippen MR) is 75.5 cm³/mol. The maximum absolute atomic E-state index is 12.7. The van der Waals surface area contributed by atoms with E-state index in [-0.39, 0.29) is 25.2 Å². The van der Waals surface area contributed by atoms with E-state index < -0.39 is 16.3 Å². The quantitative estimate of drug-likeness (QED) is 0.789. The zero-order valence-electron chi connectivity index (χ0n) is 12.2. The molecule has 2 fully saturated rings. The summed E-state index contributed by atoms with van der Waals surface area (Å²) in [4.78, 5) is 0. The van der Waals surface area contributed by atoms with Gasteiger partial charge in [-0.15, -0.1) is 5.10 Å². The average molecular weight is 315 g/mol. The molecule has 1 aliphatic carbocycles. The van der Waals surface area contributed by atoms with E-state index in [4.69, 9.17) is 0 Å². The van der Waals surface area contributed by atoms with Gasteiger partial charge in [0.05, 0.1) is 18.3 Å². The van der Waals surface area contributed by atoms with Crippen LogP contribution in [-0.2, 0) is 10.2 Å². The lowest BCUT2D eigenvalue weighted by atomic mass is 10.2. The van der Waals surface area contributed by atoms with Gasteiger partial charge in [-0.3, -0.25) is 0 Å². The zero-order chi connectivity index (χ0) is 15.2. The highest BCUT2D eigenvalue weighted by atomic mass is 32.2. The largest absolute Gasteiger partial charge is 0.389 e. The van der Waals surface area contributed by atoms with Crippen LogP contribution in [0.15, 0.2) is 12.4 Å². The molecular weight excluding hydrogens is 294 g/mol. The Bertz CT molecular complexity index is 586.